The predicted octanol–water partition coefficient (Wildman–Crippen LogP) is 19.4. The summed E-state index contributed by atoms with van der Waals surface area (Å²) < 4.78 is 16.7. The molecule has 0 aromatic rings. The van der Waals surface area contributed by atoms with Gasteiger partial charge < -0.3 is 14.2 Å². The molecule has 6 nitrogen and oxygen atoms in total. The van der Waals surface area contributed by atoms with Crippen molar-refractivity contribution in [3.05, 3.63) is 158 Å². The van der Waals surface area contributed by atoms with E-state index in [1.165, 1.54) is 32.1 Å². The molecule has 0 rings (SSSR count). The molecule has 0 amide bonds. The molecule has 0 bridgehead atoms. The Bertz CT molecular complexity index is 1660. The Kier molecular flexibility index (Phi) is 54.6. The van der Waals surface area contributed by atoms with Gasteiger partial charge in [0.05, 0.1) is 0 Å². The van der Waals surface area contributed by atoms with E-state index in [1.54, 1.807) is 0 Å². The summed E-state index contributed by atoms with van der Waals surface area (Å²) in [6.07, 6.45) is 85.3. The van der Waals surface area contributed by atoms with Gasteiger partial charge in [-0.2, -0.15) is 0 Å². The van der Waals surface area contributed by atoms with Crippen molar-refractivity contribution in [2.24, 2.45) is 0 Å². The van der Waals surface area contributed by atoms with Crippen molar-refractivity contribution in [3.8, 4) is 0 Å². The Morgan fingerprint density at radius 2 is 0.542 bits per heavy atom. The van der Waals surface area contributed by atoms with Crippen LogP contribution in [0, 0.1) is 0 Å². The molecule has 0 saturated carbocycles. The maximum atomic E-state index is 12.8. The molecule has 0 aliphatic rings. The predicted molar refractivity (Wildman–Crippen MR) is 311 cm³/mol. The summed E-state index contributed by atoms with van der Waals surface area (Å²) in [5.41, 5.74) is 0. The second-order valence-electron chi connectivity index (χ2n) is 18.1. The lowest BCUT2D eigenvalue weighted by molar-refractivity contribution is -0.167. The average Bonchev–Trinajstić information content (AvgIpc) is 3.38. The molecule has 72 heavy (non-hydrogen) atoms. The molecule has 0 aliphatic heterocycles. The number of carbonyl (C=O) groups is 3. The van der Waals surface area contributed by atoms with E-state index < -0.39 is 6.10 Å². The molecule has 0 N–H and O–H groups in total. The second kappa shape index (κ2) is 58.6. The van der Waals surface area contributed by atoms with Crippen LogP contribution in [0.4, 0.5) is 0 Å². The third kappa shape index (κ3) is 56.0. The lowest BCUT2D eigenvalue weighted by Crippen LogP contribution is -2.30. The van der Waals surface area contributed by atoms with Crippen molar-refractivity contribution >= 4 is 17.9 Å². The van der Waals surface area contributed by atoms with Gasteiger partial charge in [0.15, 0.2) is 6.10 Å². The normalized spacial score (nSPS) is 13.3. The molecule has 6 heteroatoms. The van der Waals surface area contributed by atoms with Crippen molar-refractivity contribution < 1.29 is 28.6 Å². The number of ether oxygens (including phenoxy) is 3. The van der Waals surface area contributed by atoms with Crippen molar-refractivity contribution in [2.75, 3.05) is 13.2 Å². The highest BCUT2D eigenvalue weighted by atomic mass is 16.6. The highest BCUT2D eigenvalue weighted by Crippen LogP contribution is 2.12. The fourth-order valence-corrected chi connectivity index (χ4v) is 7.03. The first-order valence-electron chi connectivity index (χ1n) is 28.5. The van der Waals surface area contributed by atoms with Gasteiger partial charge in [0.2, 0.25) is 0 Å². The highest BCUT2D eigenvalue weighted by molar-refractivity contribution is 5.71. The zero-order chi connectivity index (χ0) is 52.2. The van der Waals surface area contributed by atoms with Crippen LogP contribution in [0.2, 0.25) is 0 Å². The van der Waals surface area contributed by atoms with E-state index in [1.807, 2.05) is 0 Å². The number of hydrogen-bond donors (Lipinski definition) is 0. The first kappa shape index (κ1) is 67.0. The molecule has 0 fully saturated rings. The van der Waals surface area contributed by atoms with Gasteiger partial charge in [0.25, 0.3) is 0 Å². The van der Waals surface area contributed by atoms with Gasteiger partial charge in [-0.05, 0) is 148 Å². The van der Waals surface area contributed by atoms with Gasteiger partial charge in [0.1, 0.15) is 13.2 Å². The first-order valence-corrected chi connectivity index (χ1v) is 28.5. The summed E-state index contributed by atoms with van der Waals surface area (Å²) in [6, 6.07) is 0. The van der Waals surface area contributed by atoms with E-state index in [0.29, 0.717) is 19.3 Å². The molecule has 0 aromatic carbocycles. The number of unbranched alkanes of at least 4 members (excludes halogenated alkanes) is 12. The molecule has 0 spiro atoms. The van der Waals surface area contributed by atoms with Crippen LogP contribution >= 0.6 is 0 Å². The van der Waals surface area contributed by atoms with Gasteiger partial charge in [-0.3, -0.25) is 14.4 Å². The van der Waals surface area contributed by atoms with Gasteiger partial charge in [0, 0.05) is 19.3 Å². The Labute approximate surface area is 441 Å². The Morgan fingerprint density at radius 3 is 0.889 bits per heavy atom. The molecule has 0 heterocycles. The number of allylic oxidation sites excluding steroid dienone is 26. The SMILES string of the molecule is CC/C=C\C/C=C\C/C=C\C/C=C\C/C=C\C/C=C\C/C=C\C/C=C\CCCCC(=O)OCC(COC(=O)CCCCCCC/C=C\CCCCC)OC(=O)CCCC/C=C\C/C=C\C/C=C\C/C=C\CC. The van der Waals surface area contributed by atoms with Crippen LogP contribution in [0.1, 0.15) is 220 Å². The second-order valence-corrected chi connectivity index (χ2v) is 18.1. The van der Waals surface area contributed by atoms with Crippen molar-refractivity contribution in [2.45, 2.75) is 226 Å². The van der Waals surface area contributed by atoms with Crippen LogP contribution in [0.15, 0.2) is 158 Å². The summed E-state index contributed by atoms with van der Waals surface area (Å²) in [7, 11) is 0. The van der Waals surface area contributed by atoms with E-state index >= 15 is 0 Å². The minimum atomic E-state index is -0.829. The van der Waals surface area contributed by atoms with Crippen LogP contribution < -0.4 is 0 Å². The molecule has 1 unspecified atom stereocenters. The number of esters is 3. The molecular weight excluding hydrogens is 889 g/mol. The van der Waals surface area contributed by atoms with Gasteiger partial charge in [-0.1, -0.05) is 211 Å². The van der Waals surface area contributed by atoms with Gasteiger partial charge in [-0.15, -0.1) is 0 Å². The van der Waals surface area contributed by atoms with Crippen LogP contribution in [0.3, 0.4) is 0 Å². The van der Waals surface area contributed by atoms with E-state index in [9.17, 15) is 14.4 Å². The van der Waals surface area contributed by atoms with Crippen molar-refractivity contribution in [3.63, 3.8) is 0 Å². The van der Waals surface area contributed by atoms with Gasteiger partial charge >= 0.3 is 17.9 Å². The monoisotopic (exact) mass is 991 g/mol. The fourth-order valence-electron chi connectivity index (χ4n) is 7.03. The summed E-state index contributed by atoms with van der Waals surface area (Å²) in [5.74, 6) is -1.03. The van der Waals surface area contributed by atoms with E-state index in [-0.39, 0.29) is 44.0 Å². The molecule has 0 aliphatic carbocycles. The van der Waals surface area contributed by atoms with E-state index in [0.717, 1.165) is 135 Å². The van der Waals surface area contributed by atoms with Crippen LogP contribution in [0.5, 0.6) is 0 Å². The molecular formula is C66H102O6. The minimum absolute atomic E-state index is 0.120. The van der Waals surface area contributed by atoms with E-state index in [2.05, 4.69) is 179 Å². The van der Waals surface area contributed by atoms with Crippen LogP contribution in [-0.4, -0.2) is 37.2 Å². The zero-order valence-corrected chi connectivity index (χ0v) is 45.9. The van der Waals surface area contributed by atoms with Crippen molar-refractivity contribution in [1.29, 1.82) is 0 Å². The lowest BCUT2D eigenvalue weighted by Gasteiger charge is -2.18. The maximum Gasteiger partial charge on any atom is 0.306 e. The molecule has 0 saturated heterocycles. The minimum Gasteiger partial charge on any atom is -0.462 e. The fraction of sp³-hybridized carbons (Fsp3) is 0.561. The summed E-state index contributed by atoms with van der Waals surface area (Å²) in [5, 5.41) is 0. The quantitative estimate of drug-likeness (QED) is 0.0262. The summed E-state index contributed by atoms with van der Waals surface area (Å²) in [6.45, 7) is 6.28. The summed E-state index contributed by atoms with van der Waals surface area (Å²) >= 11 is 0. The number of hydrogen-bond acceptors (Lipinski definition) is 6. The number of carbonyl (C=O) groups excluding carboxylic acids is 3. The Hall–Kier alpha value is -4.97. The maximum absolute atomic E-state index is 12.8. The summed E-state index contributed by atoms with van der Waals surface area (Å²) in [4.78, 5) is 38.1. The van der Waals surface area contributed by atoms with Crippen molar-refractivity contribution in [1.82, 2.24) is 0 Å². The first-order chi connectivity index (χ1) is 35.5. The Balaban J connectivity index is 4.49. The zero-order valence-electron chi connectivity index (χ0n) is 45.9. The molecule has 402 valence electrons. The smallest absolute Gasteiger partial charge is 0.306 e. The molecule has 1 atom stereocenters. The topological polar surface area (TPSA) is 78.9 Å². The lowest BCUT2D eigenvalue weighted by atomic mass is 10.1. The molecule has 0 radical (unpaired) electrons. The Morgan fingerprint density at radius 1 is 0.292 bits per heavy atom. The van der Waals surface area contributed by atoms with Gasteiger partial charge in [-0.25, -0.2) is 0 Å². The van der Waals surface area contributed by atoms with Crippen LogP contribution in [-0.2, 0) is 28.6 Å². The average molecular weight is 992 g/mol. The van der Waals surface area contributed by atoms with E-state index in [4.69, 9.17) is 14.2 Å². The highest BCUT2D eigenvalue weighted by Gasteiger charge is 2.19. The number of rotatable bonds is 49. The largest absolute Gasteiger partial charge is 0.462 e. The standard InChI is InChI=1S/C66H102O6/c1-4-7-10-13-16-19-22-25-27-28-29-30-31-32-33-34-35-36-37-38-40-41-44-47-50-53-56-59-65(68)71-62-63(61-70-64(67)58-55-52-49-46-43-24-21-18-15-12-9-6-3)72-66(69)60-57-54-51-48-45-42-39-26-23-20-17-14-11-8-5-2/h7-8,10-11,16-21,25-27,29-30,32-33,35-36,38-40,44-45,47-48,63H,4-6,9,12-15,22-24,28,31,34,37,41-43,46,49-62H2,1-3H3/b10-7-,11-8-,19-16-,20-17-,21-18-,27-25-,30-29-,33-32-,36-35-,39-26-,40-38-,47-44-,48-45-. The third-order valence-corrected chi connectivity index (χ3v) is 11.2. The van der Waals surface area contributed by atoms with Crippen LogP contribution in [0.25, 0.3) is 0 Å². The molecule has 0 aromatic heterocycles. The third-order valence-electron chi connectivity index (χ3n) is 11.2.